The Labute approximate surface area is 118 Å². The fraction of sp³-hybridized carbons (Fsp3) is 1.00. The molecule has 0 aromatic heterocycles. The van der Waals surface area contributed by atoms with E-state index in [0.29, 0.717) is 12.0 Å². The standard InChI is InChI=1S/C15H31NOS/c1-11(2)13-6-7-15(17)14(8-13)9-16(4)12(3)10-18-5/h11-15,17H,6-10H2,1-5H3. The van der Waals surface area contributed by atoms with Crippen LogP contribution in [0.15, 0.2) is 0 Å². The number of nitrogens with zero attached hydrogens (tertiary/aromatic N) is 1. The fourth-order valence-corrected chi connectivity index (χ4v) is 3.74. The molecule has 1 rings (SSSR count). The zero-order valence-electron chi connectivity index (χ0n) is 12.7. The Morgan fingerprint density at radius 3 is 2.50 bits per heavy atom. The highest BCUT2D eigenvalue weighted by atomic mass is 32.2. The van der Waals surface area contributed by atoms with Crippen LogP contribution in [0.2, 0.25) is 0 Å². The molecule has 0 saturated heterocycles. The van der Waals surface area contributed by atoms with E-state index in [9.17, 15) is 5.11 Å². The van der Waals surface area contributed by atoms with Crippen LogP contribution in [0.25, 0.3) is 0 Å². The lowest BCUT2D eigenvalue weighted by Gasteiger charge is -2.38. The van der Waals surface area contributed by atoms with Gasteiger partial charge < -0.3 is 10.0 Å². The van der Waals surface area contributed by atoms with Gasteiger partial charge in [-0.15, -0.1) is 0 Å². The van der Waals surface area contributed by atoms with Gasteiger partial charge in [-0.2, -0.15) is 11.8 Å². The lowest BCUT2D eigenvalue weighted by atomic mass is 9.74. The number of hydrogen-bond acceptors (Lipinski definition) is 3. The first-order valence-corrected chi connectivity index (χ1v) is 8.72. The minimum Gasteiger partial charge on any atom is -0.393 e. The van der Waals surface area contributed by atoms with Crippen LogP contribution in [0.1, 0.15) is 40.0 Å². The van der Waals surface area contributed by atoms with Gasteiger partial charge in [-0.25, -0.2) is 0 Å². The van der Waals surface area contributed by atoms with E-state index >= 15 is 0 Å². The van der Waals surface area contributed by atoms with Gasteiger partial charge in [-0.1, -0.05) is 13.8 Å². The van der Waals surface area contributed by atoms with Crippen LogP contribution < -0.4 is 0 Å². The van der Waals surface area contributed by atoms with Crippen molar-refractivity contribution in [1.29, 1.82) is 0 Å². The second-order valence-electron chi connectivity index (χ2n) is 6.39. The van der Waals surface area contributed by atoms with Crippen LogP contribution in [0, 0.1) is 17.8 Å². The van der Waals surface area contributed by atoms with Crippen LogP contribution in [-0.4, -0.2) is 47.8 Å². The second kappa shape index (κ2) is 7.76. The molecule has 0 aromatic carbocycles. The molecule has 108 valence electrons. The van der Waals surface area contributed by atoms with Gasteiger partial charge in [-0.05, 0) is 57.2 Å². The van der Waals surface area contributed by atoms with Crippen molar-refractivity contribution in [1.82, 2.24) is 4.90 Å². The molecule has 0 spiro atoms. The first-order valence-electron chi connectivity index (χ1n) is 7.32. The SMILES string of the molecule is CSCC(C)N(C)CC1CC(C(C)C)CCC1O. The number of hydrogen-bond donors (Lipinski definition) is 1. The molecule has 0 amide bonds. The lowest BCUT2D eigenvalue weighted by Crippen LogP contribution is -2.42. The van der Waals surface area contributed by atoms with E-state index in [0.717, 1.165) is 24.8 Å². The van der Waals surface area contributed by atoms with Crippen molar-refractivity contribution in [2.24, 2.45) is 17.8 Å². The predicted molar refractivity (Wildman–Crippen MR) is 82.1 cm³/mol. The van der Waals surface area contributed by atoms with Crippen LogP contribution in [-0.2, 0) is 0 Å². The second-order valence-corrected chi connectivity index (χ2v) is 7.30. The summed E-state index contributed by atoms with van der Waals surface area (Å²) in [6, 6.07) is 0.603. The predicted octanol–water partition coefficient (Wildman–Crippen LogP) is 3.10. The van der Waals surface area contributed by atoms with Gasteiger partial charge in [0, 0.05) is 18.3 Å². The van der Waals surface area contributed by atoms with Crippen molar-refractivity contribution in [3.63, 3.8) is 0 Å². The highest BCUT2D eigenvalue weighted by Gasteiger charge is 2.31. The number of rotatable bonds is 6. The maximum atomic E-state index is 10.2. The topological polar surface area (TPSA) is 23.5 Å². The van der Waals surface area contributed by atoms with E-state index in [1.54, 1.807) is 0 Å². The number of aliphatic hydroxyl groups excluding tert-OH is 1. The Kier molecular flexibility index (Phi) is 7.04. The highest BCUT2D eigenvalue weighted by molar-refractivity contribution is 7.98. The van der Waals surface area contributed by atoms with E-state index in [1.807, 2.05) is 11.8 Å². The summed E-state index contributed by atoms with van der Waals surface area (Å²) < 4.78 is 0. The molecule has 0 bridgehead atoms. The van der Waals surface area contributed by atoms with Crippen molar-refractivity contribution in [3.05, 3.63) is 0 Å². The Bertz CT molecular complexity index is 235. The third-order valence-electron chi connectivity index (χ3n) is 4.61. The van der Waals surface area contributed by atoms with E-state index in [4.69, 9.17) is 0 Å². The fourth-order valence-electron chi connectivity index (χ4n) is 3.00. The van der Waals surface area contributed by atoms with E-state index in [1.165, 1.54) is 18.6 Å². The van der Waals surface area contributed by atoms with Crippen molar-refractivity contribution in [2.45, 2.75) is 52.2 Å². The molecule has 18 heavy (non-hydrogen) atoms. The normalized spacial score (nSPS) is 31.0. The van der Waals surface area contributed by atoms with Gasteiger partial charge in [0.15, 0.2) is 0 Å². The van der Waals surface area contributed by atoms with E-state index < -0.39 is 0 Å². The van der Waals surface area contributed by atoms with Crippen molar-refractivity contribution in [3.8, 4) is 0 Å². The molecule has 1 fully saturated rings. The molecule has 0 aromatic rings. The van der Waals surface area contributed by atoms with Gasteiger partial charge in [0.1, 0.15) is 0 Å². The number of aliphatic hydroxyl groups is 1. The monoisotopic (exact) mass is 273 g/mol. The number of thioether (sulfide) groups is 1. The maximum absolute atomic E-state index is 10.2. The minimum absolute atomic E-state index is 0.0797. The summed E-state index contributed by atoms with van der Waals surface area (Å²) >= 11 is 1.90. The molecule has 1 saturated carbocycles. The molecule has 0 heterocycles. The molecule has 4 unspecified atom stereocenters. The Balaban J connectivity index is 2.47. The average molecular weight is 273 g/mol. The summed E-state index contributed by atoms with van der Waals surface area (Å²) in [5.41, 5.74) is 0. The van der Waals surface area contributed by atoms with Gasteiger partial charge in [0.05, 0.1) is 6.10 Å². The molecule has 2 nitrogen and oxygen atoms in total. The van der Waals surface area contributed by atoms with E-state index in [2.05, 4.69) is 39.0 Å². The van der Waals surface area contributed by atoms with Gasteiger partial charge >= 0.3 is 0 Å². The summed E-state index contributed by atoms with van der Waals surface area (Å²) in [6.45, 7) is 7.97. The lowest BCUT2D eigenvalue weighted by molar-refractivity contribution is 0.0186. The summed E-state index contributed by atoms with van der Waals surface area (Å²) in [6.07, 6.45) is 5.49. The zero-order valence-corrected chi connectivity index (χ0v) is 13.5. The first kappa shape index (κ1) is 16.3. The van der Waals surface area contributed by atoms with Crippen LogP contribution >= 0.6 is 11.8 Å². The summed E-state index contributed by atoms with van der Waals surface area (Å²) in [5.74, 6) is 3.21. The van der Waals surface area contributed by atoms with Gasteiger partial charge in [-0.3, -0.25) is 0 Å². The van der Waals surface area contributed by atoms with Crippen LogP contribution in [0.5, 0.6) is 0 Å². The summed E-state index contributed by atoms with van der Waals surface area (Å²) in [5, 5.41) is 10.2. The minimum atomic E-state index is -0.0797. The molecule has 4 atom stereocenters. The van der Waals surface area contributed by atoms with Crippen molar-refractivity contribution in [2.75, 3.05) is 25.6 Å². The van der Waals surface area contributed by atoms with Crippen molar-refractivity contribution >= 4 is 11.8 Å². The van der Waals surface area contributed by atoms with Crippen molar-refractivity contribution < 1.29 is 5.11 Å². The highest BCUT2D eigenvalue weighted by Crippen LogP contribution is 2.34. The Morgan fingerprint density at radius 1 is 1.28 bits per heavy atom. The molecule has 3 heteroatoms. The van der Waals surface area contributed by atoms with Gasteiger partial charge in [0.25, 0.3) is 0 Å². The zero-order chi connectivity index (χ0) is 13.7. The van der Waals surface area contributed by atoms with Crippen LogP contribution in [0.3, 0.4) is 0 Å². The Hall–Kier alpha value is 0.270. The molecule has 0 aliphatic heterocycles. The quantitative estimate of drug-likeness (QED) is 0.804. The molecular weight excluding hydrogens is 242 g/mol. The van der Waals surface area contributed by atoms with Gasteiger partial charge in [0.2, 0.25) is 0 Å². The summed E-state index contributed by atoms with van der Waals surface area (Å²) in [7, 11) is 2.20. The molecule has 1 N–H and O–H groups in total. The van der Waals surface area contributed by atoms with E-state index in [-0.39, 0.29) is 6.10 Å². The molecule has 1 aliphatic carbocycles. The molecular formula is C15H31NOS. The average Bonchev–Trinajstić information content (AvgIpc) is 2.31. The molecule has 0 radical (unpaired) electrons. The van der Waals surface area contributed by atoms with Crippen LogP contribution in [0.4, 0.5) is 0 Å². The smallest absolute Gasteiger partial charge is 0.0580 e. The summed E-state index contributed by atoms with van der Waals surface area (Å²) in [4.78, 5) is 2.42. The third kappa shape index (κ3) is 4.75. The maximum Gasteiger partial charge on any atom is 0.0580 e. The molecule has 1 aliphatic rings. The Morgan fingerprint density at radius 2 is 1.94 bits per heavy atom. The largest absolute Gasteiger partial charge is 0.393 e. The third-order valence-corrected chi connectivity index (χ3v) is 5.42. The first-order chi connectivity index (χ1) is 8.45.